The van der Waals surface area contributed by atoms with Crippen molar-refractivity contribution >= 4 is 29.5 Å². The van der Waals surface area contributed by atoms with Crippen LogP contribution in [-0.2, 0) is 4.74 Å². The number of amides is 2. The number of nitrogens with zero attached hydrogens (tertiary/aromatic N) is 4. The lowest BCUT2D eigenvalue weighted by atomic mass is 10.2. The van der Waals surface area contributed by atoms with E-state index in [4.69, 9.17) is 4.74 Å². The Hall–Kier alpha value is -1.90. The third-order valence-corrected chi connectivity index (χ3v) is 3.66. The predicted molar refractivity (Wildman–Crippen MR) is 83.3 cm³/mol. The highest BCUT2D eigenvalue weighted by Gasteiger charge is 2.28. The van der Waals surface area contributed by atoms with Crippen molar-refractivity contribution in [1.29, 1.82) is 0 Å². The lowest BCUT2D eigenvalue weighted by Crippen LogP contribution is -2.50. The molecule has 1 N–H and O–H groups in total. The van der Waals surface area contributed by atoms with Gasteiger partial charge in [-0.25, -0.2) is 4.79 Å². The van der Waals surface area contributed by atoms with Crippen molar-refractivity contribution in [1.82, 2.24) is 19.0 Å². The summed E-state index contributed by atoms with van der Waals surface area (Å²) in [7, 11) is 1.56. The summed E-state index contributed by atoms with van der Waals surface area (Å²) in [6.45, 7) is 7.77. The van der Waals surface area contributed by atoms with Gasteiger partial charge in [-0.15, -0.1) is 0 Å². The number of rotatable bonds is 2. The average molecular weight is 327 g/mol. The standard InChI is InChI=1S/C13H21N5O3S/c1-13(2,3)21-12(20)18-7-5-17(6-8-18)10-9(11(19)14-4)15-22-16-10/h5-8H2,1-4H3,(H,14,19). The van der Waals surface area contributed by atoms with Gasteiger partial charge in [0.15, 0.2) is 11.5 Å². The lowest BCUT2D eigenvalue weighted by Gasteiger charge is -2.35. The van der Waals surface area contributed by atoms with E-state index in [1.807, 2.05) is 25.7 Å². The Morgan fingerprint density at radius 3 is 2.36 bits per heavy atom. The minimum atomic E-state index is -0.501. The molecule has 0 radical (unpaired) electrons. The molecule has 9 heteroatoms. The Labute approximate surface area is 133 Å². The first-order chi connectivity index (χ1) is 10.3. The Kier molecular flexibility index (Phi) is 4.84. The van der Waals surface area contributed by atoms with Crippen molar-refractivity contribution in [3.05, 3.63) is 5.69 Å². The van der Waals surface area contributed by atoms with Crippen LogP contribution >= 0.6 is 11.7 Å². The van der Waals surface area contributed by atoms with Gasteiger partial charge in [0, 0.05) is 33.2 Å². The van der Waals surface area contributed by atoms with E-state index in [0.29, 0.717) is 37.7 Å². The average Bonchev–Trinajstić information content (AvgIpc) is 2.94. The first-order valence-corrected chi connectivity index (χ1v) is 7.82. The van der Waals surface area contributed by atoms with Gasteiger partial charge in [-0.2, -0.15) is 8.75 Å². The molecule has 1 saturated heterocycles. The number of nitrogens with one attached hydrogen (secondary N) is 1. The number of aromatic nitrogens is 2. The van der Waals surface area contributed by atoms with Crippen molar-refractivity contribution in [2.45, 2.75) is 26.4 Å². The maximum absolute atomic E-state index is 12.0. The Morgan fingerprint density at radius 1 is 1.18 bits per heavy atom. The number of carbonyl (C=O) groups excluding carboxylic acids is 2. The topological polar surface area (TPSA) is 87.7 Å². The number of hydrogen-bond donors (Lipinski definition) is 1. The molecule has 1 fully saturated rings. The second-order valence-electron chi connectivity index (χ2n) is 5.97. The van der Waals surface area contributed by atoms with Gasteiger partial charge < -0.3 is 19.9 Å². The van der Waals surface area contributed by atoms with Crippen LogP contribution in [-0.4, -0.2) is 64.5 Å². The summed E-state index contributed by atoms with van der Waals surface area (Å²) in [5, 5.41) is 2.55. The molecular formula is C13H21N5O3S. The Balaban J connectivity index is 1.97. The van der Waals surface area contributed by atoms with Crippen LogP contribution in [0.5, 0.6) is 0 Å². The van der Waals surface area contributed by atoms with Gasteiger partial charge in [0.2, 0.25) is 0 Å². The SMILES string of the molecule is CNC(=O)c1nsnc1N1CCN(C(=O)OC(C)(C)C)CC1. The monoisotopic (exact) mass is 327 g/mol. The third-order valence-electron chi connectivity index (χ3n) is 3.14. The van der Waals surface area contributed by atoms with Gasteiger partial charge in [-0.05, 0) is 20.8 Å². The largest absolute Gasteiger partial charge is 0.444 e. The van der Waals surface area contributed by atoms with Gasteiger partial charge in [0.1, 0.15) is 5.60 Å². The maximum Gasteiger partial charge on any atom is 0.410 e. The molecule has 122 valence electrons. The fourth-order valence-electron chi connectivity index (χ4n) is 2.08. The minimum Gasteiger partial charge on any atom is -0.444 e. The Morgan fingerprint density at radius 2 is 1.82 bits per heavy atom. The molecule has 0 bridgehead atoms. The van der Waals surface area contributed by atoms with Crippen LogP contribution in [0.4, 0.5) is 10.6 Å². The molecule has 0 atom stereocenters. The zero-order chi connectivity index (χ0) is 16.3. The normalized spacial score (nSPS) is 15.6. The molecule has 1 aliphatic heterocycles. The minimum absolute atomic E-state index is 0.252. The molecule has 8 nitrogen and oxygen atoms in total. The number of carbonyl (C=O) groups is 2. The number of hydrogen-bond acceptors (Lipinski definition) is 7. The Bertz CT molecular complexity index is 546. The highest BCUT2D eigenvalue weighted by molar-refractivity contribution is 6.99. The predicted octanol–water partition coefficient (Wildman–Crippen LogP) is 0.955. The smallest absolute Gasteiger partial charge is 0.410 e. The van der Waals surface area contributed by atoms with Crippen LogP contribution in [0.2, 0.25) is 0 Å². The van der Waals surface area contributed by atoms with Crippen molar-refractivity contribution in [3.63, 3.8) is 0 Å². The van der Waals surface area contributed by atoms with Gasteiger partial charge in [-0.3, -0.25) is 4.79 Å². The molecule has 1 aliphatic rings. The first kappa shape index (κ1) is 16.5. The fourth-order valence-corrected chi connectivity index (χ4v) is 2.65. The number of ether oxygens (including phenoxy) is 1. The molecule has 0 aliphatic carbocycles. The van der Waals surface area contributed by atoms with E-state index in [1.165, 1.54) is 0 Å². The first-order valence-electron chi connectivity index (χ1n) is 7.09. The highest BCUT2D eigenvalue weighted by Crippen LogP contribution is 2.20. The van der Waals surface area contributed by atoms with Gasteiger partial charge in [-0.1, -0.05) is 0 Å². The van der Waals surface area contributed by atoms with Crippen molar-refractivity contribution in [3.8, 4) is 0 Å². The lowest BCUT2D eigenvalue weighted by molar-refractivity contribution is 0.0240. The summed E-state index contributed by atoms with van der Waals surface area (Å²) in [6.07, 6.45) is -0.310. The van der Waals surface area contributed by atoms with Gasteiger partial charge in [0.25, 0.3) is 5.91 Å². The molecule has 1 aromatic heterocycles. The summed E-state index contributed by atoms with van der Waals surface area (Å²) in [5.74, 6) is 0.325. The van der Waals surface area contributed by atoms with E-state index in [1.54, 1.807) is 11.9 Å². The molecule has 2 amide bonds. The van der Waals surface area contributed by atoms with Crippen molar-refractivity contribution in [2.75, 3.05) is 38.1 Å². The second kappa shape index (κ2) is 6.47. The van der Waals surface area contributed by atoms with Gasteiger partial charge in [0.05, 0.1) is 11.7 Å². The molecule has 1 aromatic rings. The molecule has 2 rings (SSSR count). The molecule has 2 heterocycles. The molecular weight excluding hydrogens is 306 g/mol. The highest BCUT2D eigenvalue weighted by atomic mass is 32.1. The van der Waals surface area contributed by atoms with E-state index >= 15 is 0 Å². The summed E-state index contributed by atoms with van der Waals surface area (Å²) >= 11 is 1.01. The van der Waals surface area contributed by atoms with Crippen LogP contribution < -0.4 is 10.2 Å². The van der Waals surface area contributed by atoms with Crippen LogP contribution in [0, 0.1) is 0 Å². The van der Waals surface area contributed by atoms with E-state index in [-0.39, 0.29) is 12.0 Å². The van der Waals surface area contributed by atoms with Crippen LogP contribution in [0.3, 0.4) is 0 Å². The number of anilines is 1. The third kappa shape index (κ3) is 3.85. The molecule has 0 saturated carbocycles. The summed E-state index contributed by atoms with van der Waals surface area (Å²) in [6, 6.07) is 0. The number of piperazine rings is 1. The summed E-state index contributed by atoms with van der Waals surface area (Å²) in [5.41, 5.74) is -0.169. The van der Waals surface area contributed by atoms with E-state index in [9.17, 15) is 9.59 Å². The van der Waals surface area contributed by atoms with Crippen LogP contribution in [0.1, 0.15) is 31.3 Å². The maximum atomic E-state index is 12.0. The van der Waals surface area contributed by atoms with Crippen LogP contribution in [0.15, 0.2) is 0 Å². The van der Waals surface area contributed by atoms with Crippen molar-refractivity contribution in [2.24, 2.45) is 0 Å². The molecule has 0 spiro atoms. The fraction of sp³-hybridized carbons (Fsp3) is 0.692. The molecule has 22 heavy (non-hydrogen) atoms. The molecule has 0 unspecified atom stereocenters. The summed E-state index contributed by atoms with van der Waals surface area (Å²) in [4.78, 5) is 27.4. The van der Waals surface area contributed by atoms with Gasteiger partial charge >= 0.3 is 6.09 Å². The van der Waals surface area contributed by atoms with E-state index < -0.39 is 5.60 Å². The quantitative estimate of drug-likeness (QED) is 0.870. The zero-order valence-corrected chi connectivity index (χ0v) is 14.1. The van der Waals surface area contributed by atoms with Crippen LogP contribution in [0.25, 0.3) is 0 Å². The van der Waals surface area contributed by atoms with E-state index in [2.05, 4.69) is 14.1 Å². The van der Waals surface area contributed by atoms with E-state index in [0.717, 1.165) is 11.7 Å². The summed E-state index contributed by atoms with van der Waals surface area (Å²) < 4.78 is 13.6. The molecule has 0 aromatic carbocycles. The second-order valence-corrected chi connectivity index (χ2v) is 6.50. The van der Waals surface area contributed by atoms with Crippen molar-refractivity contribution < 1.29 is 14.3 Å². The zero-order valence-electron chi connectivity index (χ0n) is 13.3.